The summed E-state index contributed by atoms with van der Waals surface area (Å²) in [5.41, 5.74) is 0. The maximum absolute atomic E-state index is 10.9. The SMILES string of the molecule is O=C(O)[C@@H]1NCCC[C@@H]1C(O)CP(=O)(O)O. The van der Waals surface area contributed by atoms with Crippen LogP contribution in [0.5, 0.6) is 0 Å². The number of aliphatic hydroxyl groups excluding tert-OH is 1. The summed E-state index contributed by atoms with van der Waals surface area (Å²) < 4.78 is 10.7. The third-order valence-electron chi connectivity index (χ3n) is 2.69. The van der Waals surface area contributed by atoms with Gasteiger partial charge in [-0.25, -0.2) is 0 Å². The molecule has 0 aromatic rings. The van der Waals surface area contributed by atoms with Gasteiger partial charge in [0.25, 0.3) is 0 Å². The van der Waals surface area contributed by atoms with Crippen LogP contribution in [0.2, 0.25) is 0 Å². The first-order valence-corrected chi connectivity index (χ1v) is 6.80. The number of hydrogen-bond acceptors (Lipinski definition) is 4. The second-order valence-corrected chi connectivity index (χ2v) is 5.69. The molecule has 7 nitrogen and oxygen atoms in total. The van der Waals surface area contributed by atoms with Crippen molar-refractivity contribution in [2.45, 2.75) is 25.0 Å². The number of nitrogens with one attached hydrogen (secondary N) is 1. The highest BCUT2D eigenvalue weighted by molar-refractivity contribution is 7.51. The van der Waals surface area contributed by atoms with Gasteiger partial charge in [-0.05, 0) is 19.4 Å². The van der Waals surface area contributed by atoms with Gasteiger partial charge in [0, 0.05) is 5.92 Å². The maximum atomic E-state index is 10.9. The van der Waals surface area contributed by atoms with Gasteiger partial charge in [0.05, 0.1) is 12.3 Å². The molecule has 0 aromatic heterocycles. The minimum Gasteiger partial charge on any atom is -0.480 e. The molecule has 94 valence electrons. The average Bonchev–Trinajstić information content (AvgIpc) is 2.15. The molecule has 5 N–H and O–H groups in total. The number of carbonyl (C=O) groups is 1. The van der Waals surface area contributed by atoms with Crippen molar-refractivity contribution in [1.29, 1.82) is 0 Å². The van der Waals surface area contributed by atoms with Crippen molar-refractivity contribution < 1.29 is 29.4 Å². The predicted molar refractivity (Wildman–Crippen MR) is 55.1 cm³/mol. The molecule has 0 saturated carbocycles. The highest BCUT2D eigenvalue weighted by atomic mass is 31.2. The van der Waals surface area contributed by atoms with E-state index < -0.39 is 37.8 Å². The molecule has 0 spiro atoms. The highest BCUT2D eigenvalue weighted by Crippen LogP contribution is 2.37. The normalized spacial score (nSPS) is 28.7. The van der Waals surface area contributed by atoms with Crippen molar-refractivity contribution in [2.75, 3.05) is 12.7 Å². The standard InChI is InChI=1S/C8H16NO6P/c10-6(4-16(13,14)15)5-2-1-3-9-7(5)8(11)12/h5-7,9-10H,1-4H2,(H,11,12)(H2,13,14,15)/t5-,6?,7-/m1/s1. The van der Waals surface area contributed by atoms with E-state index in [9.17, 15) is 14.5 Å². The van der Waals surface area contributed by atoms with Crippen LogP contribution in [0.25, 0.3) is 0 Å². The molecule has 0 amide bonds. The van der Waals surface area contributed by atoms with E-state index in [2.05, 4.69) is 5.32 Å². The maximum Gasteiger partial charge on any atom is 0.328 e. The van der Waals surface area contributed by atoms with Crippen LogP contribution in [0.4, 0.5) is 0 Å². The monoisotopic (exact) mass is 253 g/mol. The zero-order chi connectivity index (χ0) is 12.3. The summed E-state index contributed by atoms with van der Waals surface area (Å²) >= 11 is 0. The van der Waals surface area contributed by atoms with E-state index in [1.807, 2.05) is 0 Å². The highest BCUT2D eigenvalue weighted by Gasteiger charge is 2.37. The number of hydrogen-bond donors (Lipinski definition) is 5. The summed E-state index contributed by atoms with van der Waals surface area (Å²) in [5, 5.41) is 21.2. The van der Waals surface area contributed by atoms with Crippen LogP contribution < -0.4 is 5.32 Å². The van der Waals surface area contributed by atoms with Crippen molar-refractivity contribution in [1.82, 2.24) is 5.32 Å². The van der Waals surface area contributed by atoms with Crippen molar-refractivity contribution in [3.63, 3.8) is 0 Å². The smallest absolute Gasteiger partial charge is 0.328 e. The van der Waals surface area contributed by atoms with Crippen LogP contribution in [-0.2, 0) is 9.36 Å². The van der Waals surface area contributed by atoms with Crippen molar-refractivity contribution in [2.24, 2.45) is 5.92 Å². The number of piperidine rings is 1. The average molecular weight is 253 g/mol. The van der Waals surface area contributed by atoms with E-state index in [1.165, 1.54) is 0 Å². The minimum atomic E-state index is -4.32. The van der Waals surface area contributed by atoms with E-state index in [1.54, 1.807) is 0 Å². The number of rotatable bonds is 4. The predicted octanol–water partition coefficient (Wildman–Crippen LogP) is -1.02. The van der Waals surface area contributed by atoms with E-state index in [4.69, 9.17) is 14.9 Å². The Bertz CT molecular complexity index is 303. The van der Waals surface area contributed by atoms with Crippen LogP contribution in [0.1, 0.15) is 12.8 Å². The van der Waals surface area contributed by atoms with Crippen molar-refractivity contribution in [3.05, 3.63) is 0 Å². The summed E-state index contributed by atoms with van der Waals surface area (Å²) in [7, 11) is -4.32. The van der Waals surface area contributed by atoms with E-state index in [-0.39, 0.29) is 0 Å². The van der Waals surface area contributed by atoms with Gasteiger partial charge in [0.2, 0.25) is 0 Å². The fraction of sp³-hybridized carbons (Fsp3) is 0.875. The lowest BCUT2D eigenvalue weighted by atomic mass is 9.87. The van der Waals surface area contributed by atoms with Gasteiger partial charge in [0.1, 0.15) is 6.04 Å². The zero-order valence-electron chi connectivity index (χ0n) is 8.61. The molecule has 0 radical (unpaired) electrons. The molecule has 1 aliphatic rings. The van der Waals surface area contributed by atoms with Crippen LogP contribution in [0.3, 0.4) is 0 Å². The summed E-state index contributed by atoms with van der Waals surface area (Å²) in [5.74, 6) is -1.76. The van der Waals surface area contributed by atoms with Crippen LogP contribution in [-0.4, -0.2) is 50.8 Å². The van der Waals surface area contributed by atoms with E-state index in [0.717, 1.165) is 0 Å². The lowest BCUT2D eigenvalue weighted by molar-refractivity contribution is -0.143. The molecule has 0 aromatic carbocycles. The molecule has 8 heteroatoms. The first kappa shape index (κ1) is 13.6. The van der Waals surface area contributed by atoms with E-state index in [0.29, 0.717) is 19.4 Å². The second-order valence-electron chi connectivity index (χ2n) is 3.99. The second kappa shape index (κ2) is 5.25. The molecular formula is C8H16NO6P. The zero-order valence-corrected chi connectivity index (χ0v) is 9.51. The Kier molecular flexibility index (Phi) is 4.46. The van der Waals surface area contributed by atoms with Gasteiger partial charge < -0.3 is 25.3 Å². The largest absolute Gasteiger partial charge is 0.480 e. The molecule has 0 aliphatic carbocycles. The molecule has 1 saturated heterocycles. The lowest BCUT2D eigenvalue weighted by Crippen LogP contribution is -2.51. The summed E-state index contributed by atoms with van der Waals surface area (Å²) in [4.78, 5) is 28.3. The van der Waals surface area contributed by atoms with Crippen LogP contribution in [0.15, 0.2) is 0 Å². The lowest BCUT2D eigenvalue weighted by Gasteiger charge is -2.33. The van der Waals surface area contributed by atoms with E-state index >= 15 is 0 Å². The van der Waals surface area contributed by atoms with Gasteiger partial charge in [-0.1, -0.05) is 0 Å². The fourth-order valence-electron chi connectivity index (χ4n) is 1.98. The molecule has 1 heterocycles. The Balaban J connectivity index is 2.67. The van der Waals surface area contributed by atoms with Gasteiger partial charge in [-0.3, -0.25) is 9.36 Å². The Morgan fingerprint density at radius 1 is 1.50 bits per heavy atom. The van der Waals surface area contributed by atoms with Gasteiger partial charge >= 0.3 is 13.6 Å². The summed E-state index contributed by atoms with van der Waals surface area (Å²) in [6.45, 7) is 0.538. The summed E-state index contributed by atoms with van der Waals surface area (Å²) in [6.07, 6.45) is -0.851. The number of aliphatic carboxylic acids is 1. The molecule has 1 aliphatic heterocycles. The fourth-order valence-corrected chi connectivity index (χ4v) is 2.74. The Morgan fingerprint density at radius 3 is 2.62 bits per heavy atom. The Labute approximate surface area is 92.6 Å². The first-order valence-electron chi connectivity index (χ1n) is 5.00. The van der Waals surface area contributed by atoms with Crippen molar-refractivity contribution >= 4 is 13.6 Å². The third kappa shape index (κ3) is 3.84. The molecule has 1 fully saturated rings. The van der Waals surface area contributed by atoms with Gasteiger partial charge in [-0.2, -0.15) is 0 Å². The van der Waals surface area contributed by atoms with Gasteiger partial charge in [0.15, 0.2) is 0 Å². The number of carboxylic acid groups (broad SMARTS) is 1. The number of aliphatic hydroxyl groups is 1. The third-order valence-corrected chi connectivity index (χ3v) is 3.54. The minimum absolute atomic E-state index is 0.450. The van der Waals surface area contributed by atoms with Crippen molar-refractivity contribution in [3.8, 4) is 0 Å². The molecule has 0 bridgehead atoms. The Morgan fingerprint density at radius 2 is 2.12 bits per heavy atom. The Hall–Kier alpha value is -0.460. The molecule has 1 unspecified atom stereocenters. The first-order chi connectivity index (χ1) is 7.31. The van der Waals surface area contributed by atoms with Gasteiger partial charge in [-0.15, -0.1) is 0 Å². The topological polar surface area (TPSA) is 127 Å². The van der Waals surface area contributed by atoms with Crippen LogP contribution >= 0.6 is 7.60 Å². The quantitative estimate of drug-likeness (QED) is 0.406. The molecule has 1 rings (SSSR count). The molecular weight excluding hydrogens is 237 g/mol. The molecule has 16 heavy (non-hydrogen) atoms. The summed E-state index contributed by atoms with van der Waals surface area (Å²) in [6, 6.07) is -0.935. The number of carboxylic acids is 1. The van der Waals surface area contributed by atoms with Crippen LogP contribution in [0, 0.1) is 5.92 Å². The molecule has 3 atom stereocenters.